The Labute approximate surface area is 151 Å². The molecule has 1 atom stereocenters. The normalized spacial score (nSPS) is 13.8. The Hall–Kier alpha value is -3.22. The molecule has 1 aliphatic rings. The Morgan fingerprint density at radius 2 is 1.85 bits per heavy atom. The van der Waals surface area contributed by atoms with E-state index in [2.05, 4.69) is 30.4 Å². The van der Waals surface area contributed by atoms with E-state index >= 15 is 0 Å². The number of fused-ring (bicyclic) bond motifs is 1. The molecule has 7 nitrogen and oxygen atoms in total. The third-order valence-corrected chi connectivity index (χ3v) is 4.54. The third kappa shape index (κ3) is 3.42. The van der Waals surface area contributed by atoms with Crippen LogP contribution in [0.1, 0.15) is 35.2 Å². The van der Waals surface area contributed by atoms with Crippen molar-refractivity contribution in [2.24, 2.45) is 0 Å². The molecule has 0 bridgehead atoms. The molecule has 1 aliphatic heterocycles. The second-order valence-corrected chi connectivity index (χ2v) is 6.24. The molecule has 2 N–H and O–H groups in total. The summed E-state index contributed by atoms with van der Waals surface area (Å²) in [7, 11) is 0. The lowest BCUT2D eigenvalue weighted by atomic mass is 10.00. The predicted molar refractivity (Wildman–Crippen MR) is 96.2 cm³/mol. The molecule has 3 aromatic rings. The average Bonchev–Trinajstić information content (AvgIpc) is 3.30. The summed E-state index contributed by atoms with van der Waals surface area (Å²) in [6.07, 6.45) is 5.49. The lowest BCUT2D eigenvalue weighted by Gasteiger charge is -2.20. The van der Waals surface area contributed by atoms with Crippen molar-refractivity contribution in [3.63, 3.8) is 0 Å². The average molecular weight is 348 g/mol. The maximum absolute atomic E-state index is 12.5. The minimum Gasteiger partial charge on any atom is -0.331 e. The van der Waals surface area contributed by atoms with Gasteiger partial charge in [0.05, 0.1) is 12.6 Å². The fourth-order valence-electron chi connectivity index (χ4n) is 3.24. The standard InChI is InChI=1S/C19H20N6O/c26-19(21-13-17-24-23-16-7-4-12-25(16)17)22-18(14-5-2-1-3-6-14)15-8-10-20-11-9-15/h1-3,5-6,8-11,18H,4,7,12-13H2,(H2,21,22,26)/t18-/m0/s1. The largest absolute Gasteiger partial charge is 0.331 e. The van der Waals surface area contributed by atoms with Crippen LogP contribution in [0, 0.1) is 0 Å². The van der Waals surface area contributed by atoms with E-state index in [1.165, 1.54) is 0 Å². The summed E-state index contributed by atoms with van der Waals surface area (Å²) >= 11 is 0. The van der Waals surface area contributed by atoms with Crippen LogP contribution in [0.4, 0.5) is 4.79 Å². The number of nitrogens with zero attached hydrogens (tertiary/aromatic N) is 4. The van der Waals surface area contributed by atoms with Crippen molar-refractivity contribution < 1.29 is 4.79 Å². The number of rotatable bonds is 5. The summed E-state index contributed by atoms with van der Waals surface area (Å²) in [5, 5.41) is 14.3. The van der Waals surface area contributed by atoms with Crippen LogP contribution < -0.4 is 10.6 Å². The highest BCUT2D eigenvalue weighted by Gasteiger charge is 2.19. The first-order chi connectivity index (χ1) is 12.8. The number of benzene rings is 1. The van der Waals surface area contributed by atoms with Gasteiger partial charge in [-0.05, 0) is 29.7 Å². The van der Waals surface area contributed by atoms with E-state index < -0.39 is 0 Å². The molecule has 26 heavy (non-hydrogen) atoms. The maximum Gasteiger partial charge on any atom is 0.315 e. The van der Waals surface area contributed by atoms with Crippen molar-refractivity contribution in [3.8, 4) is 0 Å². The van der Waals surface area contributed by atoms with Gasteiger partial charge in [-0.1, -0.05) is 30.3 Å². The van der Waals surface area contributed by atoms with Crippen LogP contribution in [0.5, 0.6) is 0 Å². The van der Waals surface area contributed by atoms with Gasteiger partial charge in [0, 0.05) is 25.4 Å². The van der Waals surface area contributed by atoms with Crippen LogP contribution in [-0.2, 0) is 19.5 Å². The zero-order chi connectivity index (χ0) is 17.8. The van der Waals surface area contributed by atoms with Crippen LogP contribution in [0.3, 0.4) is 0 Å². The molecule has 0 fully saturated rings. The lowest BCUT2D eigenvalue weighted by Crippen LogP contribution is -2.38. The van der Waals surface area contributed by atoms with Crippen LogP contribution >= 0.6 is 0 Å². The molecule has 3 heterocycles. The second-order valence-electron chi connectivity index (χ2n) is 6.24. The molecule has 0 radical (unpaired) electrons. The molecule has 1 aromatic carbocycles. The number of hydrogen-bond donors (Lipinski definition) is 2. The molecule has 0 saturated carbocycles. The molecule has 132 valence electrons. The molecule has 0 spiro atoms. The highest BCUT2D eigenvalue weighted by atomic mass is 16.2. The van der Waals surface area contributed by atoms with Gasteiger partial charge < -0.3 is 15.2 Å². The number of pyridine rings is 1. The van der Waals surface area contributed by atoms with E-state index in [1.807, 2.05) is 42.5 Å². The van der Waals surface area contributed by atoms with Gasteiger partial charge in [0.1, 0.15) is 5.82 Å². The Bertz CT molecular complexity index is 838. The summed E-state index contributed by atoms with van der Waals surface area (Å²) in [5.74, 6) is 1.80. The van der Waals surface area contributed by atoms with E-state index in [4.69, 9.17) is 0 Å². The highest BCUT2D eigenvalue weighted by molar-refractivity contribution is 5.75. The van der Waals surface area contributed by atoms with Gasteiger partial charge in [-0.3, -0.25) is 4.98 Å². The molecule has 0 unspecified atom stereocenters. The summed E-state index contributed by atoms with van der Waals surface area (Å²) in [6, 6.07) is 13.2. The smallest absolute Gasteiger partial charge is 0.315 e. The number of hydrogen-bond acceptors (Lipinski definition) is 4. The Morgan fingerprint density at radius 1 is 1.08 bits per heavy atom. The van der Waals surface area contributed by atoms with Gasteiger partial charge in [-0.25, -0.2) is 4.79 Å². The van der Waals surface area contributed by atoms with Crippen LogP contribution in [-0.4, -0.2) is 25.8 Å². The lowest BCUT2D eigenvalue weighted by molar-refractivity contribution is 0.238. The summed E-state index contributed by atoms with van der Waals surface area (Å²) in [6.45, 7) is 1.28. The van der Waals surface area contributed by atoms with Crippen molar-refractivity contribution in [1.82, 2.24) is 30.4 Å². The number of aromatic nitrogens is 4. The quantitative estimate of drug-likeness (QED) is 0.740. The first kappa shape index (κ1) is 16.3. The van der Waals surface area contributed by atoms with E-state index in [0.29, 0.717) is 6.54 Å². The fourth-order valence-corrected chi connectivity index (χ4v) is 3.24. The van der Waals surface area contributed by atoms with Crippen LogP contribution in [0.25, 0.3) is 0 Å². The van der Waals surface area contributed by atoms with E-state index in [0.717, 1.165) is 42.2 Å². The van der Waals surface area contributed by atoms with Gasteiger partial charge in [0.25, 0.3) is 0 Å². The van der Waals surface area contributed by atoms with Crippen LogP contribution in [0.2, 0.25) is 0 Å². The second kappa shape index (κ2) is 7.35. The number of carbonyl (C=O) groups excluding carboxylic acids is 1. The van der Waals surface area contributed by atoms with E-state index in [9.17, 15) is 4.79 Å². The van der Waals surface area contributed by atoms with Crippen molar-refractivity contribution in [3.05, 3.63) is 77.6 Å². The van der Waals surface area contributed by atoms with E-state index in [-0.39, 0.29) is 12.1 Å². The number of aryl methyl sites for hydroxylation is 1. The van der Waals surface area contributed by atoms with Crippen molar-refractivity contribution in [1.29, 1.82) is 0 Å². The minimum atomic E-state index is -0.247. The number of nitrogens with one attached hydrogen (secondary N) is 2. The van der Waals surface area contributed by atoms with Crippen molar-refractivity contribution >= 4 is 6.03 Å². The molecule has 0 saturated heterocycles. The number of amides is 2. The Kier molecular flexibility index (Phi) is 4.59. The molecular weight excluding hydrogens is 328 g/mol. The molecular formula is C19H20N6O. The van der Waals surface area contributed by atoms with Gasteiger partial charge >= 0.3 is 6.03 Å². The molecule has 2 amide bonds. The number of carbonyl (C=O) groups is 1. The zero-order valence-electron chi connectivity index (χ0n) is 14.3. The van der Waals surface area contributed by atoms with Crippen molar-refractivity contribution in [2.45, 2.75) is 32.0 Å². The zero-order valence-corrected chi connectivity index (χ0v) is 14.3. The van der Waals surface area contributed by atoms with Gasteiger partial charge in [0.15, 0.2) is 5.82 Å². The van der Waals surface area contributed by atoms with E-state index in [1.54, 1.807) is 12.4 Å². The van der Waals surface area contributed by atoms with Gasteiger partial charge in [-0.15, -0.1) is 10.2 Å². The van der Waals surface area contributed by atoms with Gasteiger partial charge in [-0.2, -0.15) is 0 Å². The molecule has 7 heteroatoms. The summed E-state index contributed by atoms with van der Waals surface area (Å²) < 4.78 is 2.08. The fraction of sp³-hybridized carbons (Fsp3) is 0.263. The highest BCUT2D eigenvalue weighted by Crippen LogP contribution is 2.21. The van der Waals surface area contributed by atoms with Crippen molar-refractivity contribution in [2.75, 3.05) is 0 Å². The van der Waals surface area contributed by atoms with Gasteiger partial charge in [0.2, 0.25) is 0 Å². The minimum absolute atomic E-state index is 0.244. The maximum atomic E-state index is 12.5. The van der Waals surface area contributed by atoms with Crippen LogP contribution in [0.15, 0.2) is 54.9 Å². The first-order valence-electron chi connectivity index (χ1n) is 8.71. The molecule has 0 aliphatic carbocycles. The predicted octanol–water partition coefficient (Wildman–Crippen LogP) is 2.21. The molecule has 4 rings (SSSR count). The SMILES string of the molecule is O=C(NCc1nnc2n1CCC2)N[C@@H](c1ccccc1)c1ccncc1. The monoisotopic (exact) mass is 348 g/mol. The third-order valence-electron chi connectivity index (χ3n) is 4.54. The molecule has 2 aromatic heterocycles. The number of urea groups is 1. The summed E-state index contributed by atoms with van der Waals surface area (Å²) in [4.78, 5) is 16.6. The topological polar surface area (TPSA) is 84.7 Å². The summed E-state index contributed by atoms with van der Waals surface area (Å²) in [5.41, 5.74) is 1.99. The first-order valence-corrected chi connectivity index (χ1v) is 8.71. The Balaban J connectivity index is 1.46. The Morgan fingerprint density at radius 3 is 2.65 bits per heavy atom.